The number of ether oxygens (including phenoxy) is 1. The van der Waals surface area contributed by atoms with E-state index in [-0.39, 0.29) is 5.91 Å². The molecule has 4 rings (SSSR count). The summed E-state index contributed by atoms with van der Waals surface area (Å²) in [5.74, 6) is 1.68. The molecule has 0 bridgehead atoms. The molecule has 0 spiro atoms. The number of carbonyl (C=O) groups is 1. The molecule has 0 N–H and O–H groups in total. The smallest absolute Gasteiger partial charge is 0.265 e. The number of hydrogen-bond donors (Lipinski definition) is 0. The van der Waals surface area contributed by atoms with E-state index in [9.17, 15) is 4.79 Å². The Morgan fingerprint density at radius 1 is 1.19 bits per heavy atom. The van der Waals surface area contributed by atoms with Gasteiger partial charge in [0.1, 0.15) is 16.4 Å². The molecule has 7 heteroatoms. The van der Waals surface area contributed by atoms with E-state index >= 15 is 0 Å². The third kappa shape index (κ3) is 3.10. The number of thiophene rings is 1. The van der Waals surface area contributed by atoms with Gasteiger partial charge in [-0.25, -0.2) is 4.98 Å². The van der Waals surface area contributed by atoms with Gasteiger partial charge in [0.25, 0.3) is 5.91 Å². The summed E-state index contributed by atoms with van der Waals surface area (Å²) in [5, 5.41) is 1.38. The van der Waals surface area contributed by atoms with Gasteiger partial charge in [-0.3, -0.25) is 4.79 Å². The van der Waals surface area contributed by atoms with Crippen LogP contribution in [0, 0.1) is 0 Å². The standard InChI is InChI=1S/C19H18ClN3O2S/c1-25-13-5-6-15-14(12-13)17(20)18(26-15)19(24)23-10-8-22(9-11-23)16-4-2-3-7-21-16/h2-7,12H,8-11H2,1H3. The van der Waals surface area contributed by atoms with Crippen LogP contribution in [0.3, 0.4) is 0 Å². The zero-order valence-corrected chi connectivity index (χ0v) is 15.9. The topological polar surface area (TPSA) is 45.7 Å². The summed E-state index contributed by atoms with van der Waals surface area (Å²) in [4.78, 5) is 22.0. The van der Waals surface area contributed by atoms with E-state index in [0.717, 1.165) is 34.7 Å². The number of nitrogens with zero attached hydrogens (tertiary/aromatic N) is 3. The lowest BCUT2D eigenvalue weighted by molar-refractivity contribution is 0.0751. The molecule has 3 heterocycles. The van der Waals surface area contributed by atoms with E-state index in [0.29, 0.717) is 23.0 Å². The fraction of sp³-hybridized carbons (Fsp3) is 0.263. The highest BCUT2D eigenvalue weighted by atomic mass is 35.5. The van der Waals surface area contributed by atoms with Gasteiger partial charge in [-0.1, -0.05) is 17.7 Å². The van der Waals surface area contributed by atoms with E-state index in [1.54, 1.807) is 13.3 Å². The minimum atomic E-state index is -0.00385. The van der Waals surface area contributed by atoms with Crippen LogP contribution in [0.4, 0.5) is 5.82 Å². The summed E-state index contributed by atoms with van der Waals surface area (Å²) in [5.41, 5.74) is 0. The van der Waals surface area contributed by atoms with Crippen molar-refractivity contribution in [3.8, 4) is 5.75 Å². The van der Waals surface area contributed by atoms with Gasteiger partial charge < -0.3 is 14.5 Å². The number of piperazine rings is 1. The fourth-order valence-electron chi connectivity index (χ4n) is 3.13. The van der Waals surface area contributed by atoms with Gasteiger partial charge in [-0.05, 0) is 30.3 Å². The molecule has 1 fully saturated rings. The second-order valence-corrected chi connectivity index (χ2v) is 7.50. The second-order valence-electron chi connectivity index (χ2n) is 6.07. The van der Waals surface area contributed by atoms with E-state index in [1.165, 1.54) is 11.3 Å². The van der Waals surface area contributed by atoms with Crippen LogP contribution in [0.25, 0.3) is 10.1 Å². The van der Waals surface area contributed by atoms with E-state index in [1.807, 2.05) is 41.3 Å². The Morgan fingerprint density at radius 3 is 2.69 bits per heavy atom. The first-order chi connectivity index (χ1) is 12.7. The summed E-state index contributed by atoms with van der Waals surface area (Å²) in [6.45, 7) is 2.84. The number of rotatable bonds is 3. The van der Waals surface area contributed by atoms with Gasteiger partial charge in [0.15, 0.2) is 0 Å². The van der Waals surface area contributed by atoms with Gasteiger partial charge in [-0.2, -0.15) is 0 Å². The van der Waals surface area contributed by atoms with E-state index in [2.05, 4.69) is 9.88 Å². The van der Waals surface area contributed by atoms with Crippen LogP contribution in [0.15, 0.2) is 42.6 Å². The number of anilines is 1. The van der Waals surface area contributed by atoms with Gasteiger partial charge >= 0.3 is 0 Å². The van der Waals surface area contributed by atoms with Crippen LogP contribution in [-0.2, 0) is 0 Å². The highest BCUT2D eigenvalue weighted by molar-refractivity contribution is 7.21. The third-order valence-electron chi connectivity index (χ3n) is 4.57. The first kappa shape index (κ1) is 17.1. The maximum absolute atomic E-state index is 13.0. The van der Waals surface area contributed by atoms with Crippen molar-refractivity contribution in [2.75, 3.05) is 38.2 Å². The molecule has 134 valence electrons. The number of hydrogen-bond acceptors (Lipinski definition) is 5. The molecular weight excluding hydrogens is 370 g/mol. The van der Waals surface area contributed by atoms with Crippen molar-refractivity contribution < 1.29 is 9.53 Å². The number of methoxy groups -OCH3 is 1. The molecule has 1 aliphatic rings. The first-order valence-electron chi connectivity index (χ1n) is 8.38. The van der Waals surface area contributed by atoms with Gasteiger partial charge in [0, 0.05) is 42.5 Å². The van der Waals surface area contributed by atoms with Crippen LogP contribution >= 0.6 is 22.9 Å². The number of benzene rings is 1. The Bertz CT molecular complexity index is 937. The minimum absolute atomic E-state index is 0.00385. The summed E-state index contributed by atoms with van der Waals surface area (Å²) >= 11 is 7.95. The normalized spacial score (nSPS) is 14.7. The average molecular weight is 388 g/mol. The minimum Gasteiger partial charge on any atom is -0.497 e. The molecule has 3 aromatic rings. The largest absolute Gasteiger partial charge is 0.497 e. The summed E-state index contributed by atoms with van der Waals surface area (Å²) in [6.07, 6.45) is 1.79. The van der Waals surface area contributed by atoms with Crippen molar-refractivity contribution in [3.63, 3.8) is 0 Å². The highest BCUT2D eigenvalue weighted by Gasteiger charge is 2.26. The Morgan fingerprint density at radius 2 is 2.00 bits per heavy atom. The fourth-order valence-corrected chi connectivity index (χ4v) is 4.59. The molecule has 0 unspecified atom stereocenters. The Balaban J connectivity index is 1.52. The number of amides is 1. The van der Waals surface area contributed by atoms with Crippen molar-refractivity contribution in [1.29, 1.82) is 0 Å². The predicted molar refractivity (Wildman–Crippen MR) is 106 cm³/mol. The molecule has 0 saturated carbocycles. The van der Waals surface area contributed by atoms with Gasteiger partial charge in [0.2, 0.25) is 0 Å². The molecule has 0 atom stereocenters. The van der Waals surface area contributed by atoms with Crippen LogP contribution in [0.5, 0.6) is 5.75 Å². The monoisotopic (exact) mass is 387 g/mol. The molecule has 26 heavy (non-hydrogen) atoms. The van der Waals surface area contributed by atoms with Crippen molar-refractivity contribution >= 4 is 44.7 Å². The lowest BCUT2D eigenvalue weighted by Gasteiger charge is -2.35. The lowest BCUT2D eigenvalue weighted by atomic mass is 10.2. The predicted octanol–water partition coefficient (Wildman–Crippen LogP) is 3.92. The van der Waals surface area contributed by atoms with E-state index < -0.39 is 0 Å². The SMILES string of the molecule is COc1ccc2sc(C(=O)N3CCN(c4ccccn4)CC3)c(Cl)c2c1. The first-order valence-corrected chi connectivity index (χ1v) is 9.58. The third-order valence-corrected chi connectivity index (χ3v) is 6.23. The molecule has 1 saturated heterocycles. The molecule has 5 nitrogen and oxygen atoms in total. The zero-order valence-electron chi connectivity index (χ0n) is 14.3. The highest BCUT2D eigenvalue weighted by Crippen LogP contribution is 2.38. The summed E-state index contributed by atoms with van der Waals surface area (Å²) < 4.78 is 6.25. The number of halogens is 1. The molecule has 1 aromatic carbocycles. The van der Waals surface area contributed by atoms with Crippen molar-refractivity contribution in [2.45, 2.75) is 0 Å². The Labute approximate surface area is 160 Å². The van der Waals surface area contributed by atoms with Crippen molar-refractivity contribution in [1.82, 2.24) is 9.88 Å². The summed E-state index contributed by atoms with van der Waals surface area (Å²) in [6, 6.07) is 11.6. The quantitative estimate of drug-likeness (QED) is 0.683. The number of fused-ring (bicyclic) bond motifs is 1. The Kier molecular flexibility index (Phi) is 4.70. The van der Waals surface area contributed by atoms with Crippen molar-refractivity contribution in [2.24, 2.45) is 0 Å². The van der Waals surface area contributed by atoms with Crippen LogP contribution in [0.2, 0.25) is 5.02 Å². The molecule has 0 radical (unpaired) electrons. The van der Waals surface area contributed by atoms with Crippen LogP contribution < -0.4 is 9.64 Å². The van der Waals surface area contributed by atoms with Gasteiger partial charge in [0.05, 0.1) is 12.1 Å². The second kappa shape index (κ2) is 7.13. The number of aromatic nitrogens is 1. The average Bonchev–Trinajstić information content (AvgIpc) is 3.04. The summed E-state index contributed by atoms with van der Waals surface area (Å²) in [7, 11) is 1.62. The molecule has 2 aromatic heterocycles. The molecular formula is C19H18ClN3O2S. The van der Waals surface area contributed by atoms with Crippen LogP contribution in [0.1, 0.15) is 9.67 Å². The molecule has 1 amide bonds. The molecule has 1 aliphatic heterocycles. The number of carbonyl (C=O) groups excluding carboxylic acids is 1. The Hall–Kier alpha value is -2.31. The zero-order chi connectivity index (χ0) is 18.1. The van der Waals surface area contributed by atoms with Gasteiger partial charge in [-0.15, -0.1) is 11.3 Å². The lowest BCUT2D eigenvalue weighted by Crippen LogP contribution is -2.48. The molecule has 0 aliphatic carbocycles. The number of pyridine rings is 1. The van der Waals surface area contributed by atoms with Crippen molar-refractivity contribution in [3.05, 3.63) is 52.5 Å². The van der Waals surface area contributed by atoms with E-state index in [4.69, 9.17) is 16.3 Å². The maximum atomic E-state index is 13.0. The maximum Gasteiger partial charge on any atom is 0.265 e. The van der Waals surface area contributed by atoms with Crippen LogP contribution in [-0.4, -0.2) is 49.1 Å².